The van der Waals surface area contributed by atoms with Crippen LogP contribution in [0.25, 0.3) is 0 Å². The summed E-state index contributed by atoms with van der Waals surface area (Å²) in [6, 6.07) is 5.92. The van der Waals surface area contributed by atoms with Crippen LogP contribution < -0.4 is 4.72 Å². The van der Waals surface area contributed by atoms with Crippen molar-refractivity contribution in [2.24, 2.45) is 0 Å². The van der Waals surface area contributed by atoms with Gasteiger partial charge in [0.25, 0.3) is 0 Å². The fourth-order valence-corrected chi connectivity index (χ4v) is 1.80. The molecule has 0 aromatic heterocycles. The van der Waals surface area contributed by atoms with Gasteiger partial charge in [-0.2, -0.15) is 0 Å². The first-order valence-electron chi connectivity index (χ1n) is 3.46. The molecule has 1 unspecified atom stereocenters. The van der Waals surface area contributed by atoms with E-state index in [2.05, 4.69) is 34.2 Å². The predicted octanol–water partition coefficient (Wildman–Crippen LogP) is 2.31. The molecule has 0 amide bonds. The zero-order valence-electron chi connectivity index (χ0n) is 6.93. The summed E-state index contributed by atoms with van der Waals surface area (Å²) in [5.74, 6) is 0. The highest BCUT2D eigenvalue weighted by molar-refractivity contribution is 14.1. The second kappa shape index (κ2) is 4.23. The maximum atomic E-state index is 10.8. The molecule has 1 atom stereocenters. The fraction of sp³-hybridized carbons (Fsp3) is 0.250. The molecule has 0 fully saturated rings. The van der Waals surface area contributed by atoms with Gasteiger partial charge in [0.05, 0.1) is 0 Å². The van der Waals surface area contributed by atoms with E-state index in [0.717, 1.165) is 5.69 Å². The zero-order valence-corrected chi connectivity index (χ0v) is 9.90. The summed E-state index contributed by atoms with van der Waals surface area (Å²) in [5, 5.41) is 0. The molecule has 0 aliphatic carbocycles. The molecule has 0 heterocycles. The van der Waals surface area contributed by atoms with Crippen molar-refractivity contribution in [2.75, 3.05) is 11.0 Å². The van der Waals surface area contributed by atoms with Gasteiger partial charge in [0.15, 0.2) is 0 Å². The van der Waals surface area contributed by atoms with Crippen molar-refractivity contribution in [1.82, 2.24) is 0 Å². The average Bonchev–Trinajstić information content (AvgIpc) is 1.96. The van der Waals surface area contributed by atoms with Gasteiger partial charge in [-0.25, -0.2) is 4.21 Å². The number of benzene rings is 1. The molecule has 1 rings (SSSR count). The summed E-state index contributed by atoms with van der Waals surface area (Å²) in [4.78, 5) is 0. The van der Waals surface area contributed by atoms with Gasteiger partial charge in [0.1, 0.15) is 11.0 Å². The van der Waals surface area contributed by atoms with Crippen LogP contribution in [-0.4, -0.2) is 10.5 Å². The van der Waals surface area contributed by atoms with E-state index in [1.807, 2.05) is 18.2 Å². The summed E-state index contributed by atoms with van der Waals surface area (Å²) in [6.45, 7) is 2.05. The molecular weight excluding hydrogens is 285 g/mol. The standard InChI is InChI=1S/C8H10INOS/c1-6-3-4-7(5-8(6)9)10-12(2)11/h3-5,10H,1-2H3. The number of halogens is 1. The Balaban J connectivity index is 2.89. The lowest BCUT2D eigenvalue weighted by atomic mass is 10.2. The van der Waals surface area contributed by atoms with Crippen LogP contribution in [0.3, 0.4) is 0 Å². The smallest absolute Gasteiger partial charge is 0.113 e. The maximum Gasteiger partial charge on any atom is 0.113 e. The van der Waals surface area contributed by atoms with Crippen molar-refractivity contribution < 1.29 is 4.21 Å². The minimum absolute atomic E-state index is 0.908. The third-order valence-electron chi connectivity index (χ3n) is 1.43. The third-order valence-corrected chi connectivity index (χ3v) is 3.12. The second-order valence-corrected chi connectivity index (χ2v) is 4.79. The van der Waals surface area contributed by atoms with E-state index >= 15 is 0 Å². The Morgan fingerprint density at radius 3 is 2.67 bits per heavy atom. The van der Waals surface area contributed by atoms with Crippen molar-refractivity contribution >= 4 is 39.3 Å². The minimum atomic E-state index is -0.985. The first kappa shape index (κ1) is 9.98. The van der Waals surface area contributed by atoms with Crippen LogP contribution in [0.5, 0.6) is 0 Å². The molecule has 0 bridgehead atoms. The monoisotopic (exact) mass is 295 g/mol. The maximum absolute atomic E-state index is 10.8. The highest BCUT2D eigenvalue weighted by Gasteiger charge is 1.97. The molecule has 66 valence electrons. The zero-order chi connectivity index (χ0) is 9.14. The van der Waals surface area contributed by atoms with E-state index in [4.69, 9.17) is 0 Å². The predicted molar refractivity (Wildman–Crippen MR) is 61.6 cm³/mol. The largest absolute Gasteiger partial charge is 0.305 e. The molecule has 2 nitrogen and oxygen atoms in total. The van der Waals surface area contributed by atoms with Gasteiger partial charge in [-0.05, 0) is 47.2 Å². The van der Waals surface area contributed by atoms with Crippen molar-refractivity contribution in [3.63, 3.8) is 0 Å². The molecule has 1 aromatic carbocycles. The quantitative estimate of drug-likeness (QED) is 0.834. The minimum Gasteiger partial charge on any atom is -0.305 e. The van der Waals surface area contributed by atoms with Crippen molar-refractivity contribution in [3.8, 4) is 0 Å². The number of hydrogen-bond acceptors (Lipinski definition) is 1. The van der Waals surface area contributed by atoms with Gasteiger partial charge >= 0.3 is 0 Å². The Labute approximate surface area is 88.5 Å². The molecular formula is C8H10INOS. The van der Waals surface area contributed by atoms with E-state index < -0.39 is 11.0 Å². The van der Waals surface area contributed by atoms with Gasteiger partial charge in [0, 0.05) is 15.5 Å². The Hall–Kier alpha value is -0.100. The molecule has 4 heteroatoms. The van der Waals surface area contributed by atoms with E-state index in [1.54, 1.807) is 6.26 Å². The lowest BCUT2D eigenvalue weighted by Gasteiger charge is -2.04. The molecule has 0 saturated carbocycles. The molecule has 0 saturated heterocycles. The van der Waals surface area contributed by atoms with Crippen molar-refractivity contribution in [3.05, 3.63) is 27.3 Å². The van der Waals surface area contributed by atoms with Crippen LogP contribution in [0, 0.1) is 10.5 Å². The highest BCUT2D eigenvalue weighted by atomic mass is 127. The van der Waals surface area contributed by atoms with Crippen LogP contribution in [0.15, 0.2) is 18.2 Å². The normalized spacial score (nSPS) is 12.6. The molecule has 1 N–H and O–H groups in total. The molecule has 0 aliphatic rings. The number of rotatable bonds is 2. The topological polar surface area (TPSA) is 29.1 Å². The summed E-state index contributed by atoms with van der Waals surface area (Å²) >= 11 is 2.26. The van der Waals surface area contributed by atoms with Gasteiger partial charge < -0.3 is 4.72 Å². The SMILES string of the molecule is Cc1ccc(NS(C)=O)cc1I. The van der Waals surface area contributed by atoms with Crippen LogP contribution in [0.4, 0.5) is 5.69 Å². The van der Waals surface area contributed by atoms with Gasteiger partial charge in [-0.1, -0.05) is 6.07 Å². The van der Waals surface area contributed by atoms with Crippen molar-refractivity contribution in [1.29, 1.82) is 0 Å². The summed E-state index contributed by atoms with van der Waals surface area (Å²) in [6.07, 6.45) is 1.62. The highest BCUT2D eigenvalue weighted by Crippen LogP contribution is 2.16. The third kappa shape index (κ3) is 2.75. The lowest BCUT2D eigenvalue weighted by Crippen LogP contribution is -2.01. The first-order chi connectivity index (χ1) is 5.59. The average molecular weight is 295 g/mol. The fourth-order valence-electron chi connectivity index (χ4n) is 0.822. The lowest BCUT2D eigenvalue weighted by molar-refractivity contribution is 0.690. The number of anilines is 1. The number of hydrogen-bond donors (Lipinski definition) is 1. The second-order valence-electron chi connectivity index (χ2n) is 2.52. The Kier molecular flexibility index (Phi) is 3.52. The van der Waals surface area contributed by atoms with E-state index in [-0.39, 0.29) is 0 Å². The summed E-state index contributed by atoms with van der Waals surface area (Å²) < 4.78 is 14.8. The number of nitrogens with one attached hydrogen (secondary N) is 1. The first-order valence-corrected chi connectivity index (χ1v) is 6.09. The van der Waals surface area contributed by atoms with Crippen LogP contribution in [-0.2, 0) is 11.0 Å². The van der Waals surface area contributed by atoms with Crippen LogP contribution >= 0.6 is 22.6 Å². The Morgan fingerprint density at radius 1 is 1.50 bits per heavy atom. The molecule has 1 aromatic rings. The number of aryl methyl sites for hydroxylation is 1. The van der Waals surface area contributed by atoms with E-state index in [1.165, 1.54) is 9.13 Å². The molecule has 0 radical (unpaired) electrons. The molecule has 0 spiro atoms. The van der Waals surface area contributed by atoms with Crippen molar-refractivity contribution in [2.45, 2.75) is 6.92 Å². The van der Waals surface area contributed by atoms with E-state index in [0.29, 0.717) is 0 Å². The van der Waals surface area contributed by atoms with Gasteiger partial charge in [0.2, 0.25) is 0 Å². The summed E-state index contributed by atoms with van der Waals surface area (Å²) in [7, 11) is -0.985. The molecule has 12 heavy (non-hydrogen) atoms. The Bertz CT molecular complexity index is 314. The van der Waals surface area contributed by atoms with Gasteiger partial charge in [-0.3, -0.25) is 0 Å². The van der Waals surface area contributed by atoms with Crippen LogP contribution in [0.2, 0.25) is 0 Å². The van der Waals surface area contributed by atoms with Crippen LogP contribution in [0.1, 0.15) is 5.56 Å². The molecule has 0 aliphatic heterocycles. The van der Waals surface area contributed by atoms with E-state index in [9.17, 15) is 4.21 Å². The van der Waals surface area contributed by atoms with Gasteiger partial charge in [-0.15, -0.1) is 0 Å². The summed E-state index contributed by atoms with van der Waals surface area (Å²) in [5.41, 5.74) is 2.15. The Morgan fingerprint density at radius 2 is 2.17 bits per heavy atom.